The number of nitrogens with zero attached hydrogens (tertiary/aromatic N) is 1. The van der Waals surface area contributed by atoms with Crippen LogP contribution >= 0.6 is 0 Å². The van der Waals surface area contributed by atoms with Crippen LogP contribution in [0.2, 0.25) is 0 Å². The summed E-state index contributed by atoms with van der Waals surface area (Å²) < 4.78 is 0. The van der Waals surface area contributed by atoms with Gasteiger partial charge in [0.05, 0.1) is 0 Å². The van der Waals surface area contributed by atoms with Crippen molar-refractivity contribution in [1.29, 1.82) is 0 Å². The van der Waals surface area contributed by atoms with Gasteiger partial charge in [-0.05, 0) is 57.2 Å². The molecule has 0 fully saturated rings. The summed E-state index contributed by atoms with van der Waals surface area (Å²) >= 11 is 0. The van der Waals surface area contributed by atoms with Gasteiger partial charge in [-0.25, -0.2) is 0 Å². The van der Waals surface area contributed by atoms with E-state index in [1.165, 1.54) is 6.08 Å². The average Bonchev–Trinajstić information content (AvgIpc) is 2.49. The van der Waals surface area contributed by atoms with Crippen LogP contribution in [0.4, 0.5) is 17.1 Å². The van der Waals surface area contributed by atoms with Gasteiger partial charge in [0.2, 0.25) is 0 Å². The first kappa shape index (κ1) is 16.6. The van der Waals surface area contributed by atoms with E-state index >= 15 is 0 Å². The highest BCUT2D eigenvalue weighted by Crippen LogP contribution is 2.23. The number of anilines is 3. The number of carbonyl (C=O) groups excluding carboxylic acids is 1. The van der Waals surface area contributed by atoms with Crippen molar-refractivity contribution in [2.24, 2.45) is 5.73 Å². The number of hydrogen-bond donors (Lipinski definition) is 2. The van der Waals surface area contributed by atoms with E-state index in [0.717, 1.165) is 17.1 Å². The molecule has 0 saturated carbocycles. The SMILES string of the molecule is CC(N)=CC(=O)N(c1ccc(Nc2ccccc2)cc1)C(C)C. The minimum Gasteiger partial charge on any atom is -0.402 e. The molecule has 0 unspecified atom stereocenters. The minimum atomic E-state index is -0.108. The van der Waals surface area contributed by atoms with Crippen LogP contribution in [0.15, 0.2) is 66.4 Å². The number of allylic oxidation sites excluding steroid dienone is 1. The van der Waals surface area contributed by atoms with Crippen molar-refractivity contribution >= 4 is 23.0 Å². The molecule has 0 saturated heterocycles. The number of para-hydroxylation sites is 1. The van der Waals surface area contributed by atoms with E-state index in [0.29, 0.717) is 5.70 Å². The minimum absolute atomic E-state index is 0.0473. The van der Waals surface area contributed by atoms with Gasteiger partial charge in [0.1, 0.15) is 0 Å². The number of nitrogens with one attached hydrogen (secondary N) is 1. The molecule has 3 N–H and O–H groups in total. The highest BCUT2D eigenvalue weighted by atomic mass is 16.2. The Hall–Kier alpha value is -2.75. The second kappa shape index (κ2) is 7.49. The van der Waals surface area contributed by atoms with Crippen molar-refractivity contribution in [3.8, 4) is 0 Å². The molecule has 120 valence electrons. The van der Waals surface area contributed by atoms with Crippen LogP contribution in [-0.2, 0) is 4.79 Å². The third kappa shape index (κ3) is 4.61. The number of amides is 1. The second-order valence-electron chi connectivity index (χ2n) is 5.73. The zero-order valence-electron chi connectivity index (χ0n) is 13.8. The molecule has 4 nitrogen and oxygen atoms in total. The van der Waals surface area contributed by atoms with Crippen LogP contribution in [-0.4, -0.2) is 11.9 Å². The number of nitrogens with two attached hydrogens (primary N) is 1. The quantitative estimate of drug-likeness (QED) is 0.820. The molecule has 4 heteroatoms. The smallest absolute Gasteiger partial charge is 0.252 e. The summed E-state index contributed by atoms with van der Waals surface area (Å²) in [5.74, 6) is -0.108. The van der Waals surface area contributed by atoms with Crippen LogP contribution in [0, 0.1) is 0 Å². The molecule has 2 aromatic rings. The van der Waals surface area contributed by atoms with Gasteiger partial charge in [0.25, 0.3) is 5.91 Å². The Balaban J connectivity index is 2.19. The van der Waals surface area contributed by atoms with Crippen LogP contribution < -0.4 is 16.0 Å². The topological polar surface area (TPSA) is 58.4 Å². The maximum absolute atomic E-state index is 12.3. The van der Waals surface area contributed by atoms with Gasteiger partial charge in [0.15, 0.2) is 0 Å². The van der Waals surface area contributed by atoms with Gasteiger partial charge < -0.3 is 16.0 Å². The van der Waals surface area contributed by atoms with E-state index in [2.05, 4.69) is 5.32 Å². The lowest BCUT2D eigenvalue weighted by Gasteiger charge is -2.26. The lowest BCUT2D eigenvalue weighted by atomic mass is 10.2. The molecule has 0 radical (unpaired) electrons. The Bertz CT molecular complexity index is 672. The van der Waals surface area contributed by atoms with E-state index < -0.39 is 0 Å². The summed E-state index contributed by atoms with van der Waals surface area (Å²) in [4.78, 5) is 14.1. The molecule has 2 rings (SSSR count). The van der Waals surface area contributed by atoms with Gasteiger partial charge >= 0.3 is 0 Å². The number of rotatable bonds is 5. The second-order valence-corrected chi connectivity index (χ2v) is 5.73. The average molecular weight is 309 g/mol. The maximum atomic E-state index is 12.3. The van der Waals surface area contributed by atoms with Crippen molar-refractivity contribution < 1.29 is 4.79 Å². The third-order valence-corrected chi connectivity index (χ3v) is 3.31. The van der Waals surface area contributed by atoms with Crippen molar-refractivity contribution in [3.63, 3.8) is 0 Å². The fraction of sp³-hybridized carbons (Fsp3) is 0.211. The monoisotopic (exact) mass is 309 g/mol. The van der Waals surface area contributed by atoms with E-state index in [1.807, 2.05) is 68.4 Å². The molecule has 0 aliphatic rings. The molecule has 0 aliphatic carbocycles. The van der Waals surface area contributed by atoms with E-state index in [4.69, 9.17) is 5.73 Å². The lowest BCUT2D eigenvalue weighted by Crippen LogP contribution is -2.36. The molecular formula is C19H23N3O. The van der Waals surface area contributed by atoms with Crippen LogP contribution in [0.5, 0.6) is 0 Å². The van der Waals surface area contributed by atoms with Gasteiger partial charge in [0, 0.05) is 34.9 Å². The standard InChI is InChI=1S/C19H23N3O/c1-14(2)22(19(23)13-15(3)20)18-11-9-17(10-12-18)21-16-7-5-4-6-8-16/h4-14,21H,20H2,1-3H3. The maximum Gasteiger partial charge on any atom is 0.252 e. The molecule has 0 atom stereocenters. The molecule has 0 spiro atoms. The lowest BCUT2D eigenvalue weighted by molar-refractivity contribution is -0.114. The highest BCUT2D eigenvalue weighted by Gasteiger charge is 2.17. The van der Waals surface area contributed by atoms with Gasteiger partial charge in [-0.2, -0.15) is 0 Å². The van der Waals surface area contributed by atoms with Gasteiger partial charge in [-0.15, -0.1) is 0 Å². The zero-order chi connectivity index (χ0) is 16.8. The van der Waals surface area contributed by atoms with Crippen molar-refractivity contribution in [2.45, 2.75) is 26.8 Å². The number of carbonyl (C=O) groups is 1. The van der Waals surface area contributed by atoms with Crippen LogP contribution in [0.25, 0.3) is 0 Å². The van der Waals surface area contributed by atoms with Gasteiger partial charge in [-0.3, -0.25) is 4.79 Å². The van der Waals surface area contributed by atoms with Crippen LogP contribution in [0.3, 0.4) is 0 Å². The molecule has 0 aliphatic heterocycles. The van der Waals surface area contributed by atoms with E-state index in [1.54, 1.807) is 11.8 Å². The molecule has 0 aromatic heterocycles. The largest absolute Gasteiger partial charge is 0.402 e. The predicted octanol–water partition coefficient (Wildman–Crippen LogP) is 4.03. The predicted molar refractivity (Wildman–Crippen MR) is 96.7 cm³/mol. The first-order valence-electron chi connectivity index (χ1n) is 7.66. The Kier molecular flexibility index (Phi) is 5.41. The Morgan fingerprint density at radius 1 is 1.04 bits per heavy atom. The summed E-state index contributed by atoms with van der Waals surface area (Å²) in [7, 11) is 0. The molecule has 0 heterocycles. The molecule has 1 amide bonds. The molecular weight excluding hydrogens is 286 g/mol. The van der Waals surface area contributed by atoms with Crippen molar-refractivity contribution in [1.82, 2.24) is 0 Å². The van der Waals surface area contributed by atoms with E-state index in [9.17, 15) is 4.79 Å². The summed E-state index contributed by atoms with van der Waals surface area (Å²) in [6.45, 7) is 5.67. The number of hydrogen-bond acceptors (Lipinski definition) is 3. The molecule has 23 heavy (non-hydrogen) atoms. The van der Waals surface area contributed by atoms with Crippen molar-refractivity contribution in [3.05, 3.63) is 66.4 Å². The first-order valence-corrected chi connectivity index (χ1v) is 7.66. The first-order chi connectivity index (χ1) is 11.0. The fourth-order valence-corrected chi connectivity index (χ4v) is 2.34. The Labute approximate surface area is 137 Å². The fourth-order valence-electron chi connectivity index (χ4n) is 2.34. The Morgan fingerprint density at radius 2 is 1.61 bits per heavy atom. The summed E-state index contributed by atoms with van der Waals surface area (Å²) in [6.07, 6.45) is 1.45. The Morgan fingerprint density at radius 3 is 2.13 bits per heavy atom. The molecule has 0 bridgehead atoms. The summed E-state index contributed by atoms with van der Waals surface area (Å²) in [5, 5.41) is 3.33. The zero-order valence-corrected chi connectivity index (χ0v) is 13.8. The molecule has 2 aromatic carbocycles. The van der Waals surface area contributed by atoms with Gasteiger partial charge in [-0.1, -0.05) is 18.2 Å². The van der Waals surface area contributed by atoms with Crippen LogP contribution in [0.1, 0.15) is 20.8 Å². The highest BCUT2D eigenvalue weighted by molar-refractivity contribution is 6.02. The van der Waals surface area contributed by atoms with E-state index in [-0.39, 0.29) is 11.9 Å². The summed E-state index contributed by atoms with van der Waals surface area (Å²) in [6, 6.07) is 17.8. The third-order valence-electron chi connectivity index (χ3n) is 3.31. The van der Waals surface area contributed by atoms with Crippen molar-refractivity contribution in [2.75, 3.05) is 10.2 Å². The summed E-state index contributed by atoms with van der Waals surface area (Å²) in [5.41, 5.74) is 8.97. The normalized spacial score (nSPS) is 11.4. The number of benzene rings is 2.